The number of hydrogen-bond donors (Lipinski definition) is 1. The summed E-state index contributed by atoms with van der Waals surface area (Å²) in [6, 6.07) is 5.76. The molecule has 3 rings (SSSR count). The highest BCUT2D eigenvalue weighted by Gasteiger charge is 2.16. The van der Waals surface area contributed by atoms with Crippen molar-refractivity contribution < 1.29 is 9.37 Å². The summed E-state index contributed by atoms with van der Waals surface area (Å²) >= 11 is 9.59. The first-order chi connectivity index (χ1) is 10.1. The van der Waals surface area contributed by atoms with Crippen LogP contribution in [0.5, 0.6) is 5.75 Å². The molecule has 6 nitrogen and oxygen atoms in total. The zero-order valence-corrected chi connectivity index (χ0v) is 13.3. The normalized spacial score (nSPS) is 11.0. The molecule has 0 atom stereocenters. The van der Waals surface area contributed by atoms with E-state index in [0.717, 1.165) is 15.8 Å². The lowest BCUT2D eigenvalue weighted by molar-refractivity contribution is 0.315. The van der Waals surface area contributed by atoms with E-state index in [1.165, 1.54) is 0 Å². The minimum Gasteiger partial charge on any atom is -0.496 e. The number of nitrogen functional groups attached to an aromatic ring is 1. The average molecular weight is 370 g/mol. The lowest BCUT2D eigenvalue weighted by atomic mass is 10.0. The first-order valence-electron chi connectivity index (χ1n) is 5.98. The molecule has 0 radical (unpaired) electrons. The first kappa shape index (κ1) is 14.1. The molecule has 8 heteroatoms. The fourth-order valence-corrected chi connectivity index (χ4v) is 2.69. The van der Waals surface area contributed by atoms with Gasteiger partial charge in [0.15, 0.2) is 5.52 Å². The van der Waals surface area contributed by atoms with Gasteiger partial charge in [-0.2, -0.15) is 0 Å². The lowest BCUT2D eigenvalue weighted by Crippen LogP contribution is -2.01. The first-order valence-corrected chi connectivity index (χ1v) is 7.15. The summed E-state index contributed by atoms with van der Waals surface area (Å²) in [4.78, 5) is 4.13. The van der Waals surface area contributed by atoms with Gasteiger partial charge in [-0.1, -0.05) is 17.7 Å². The van der Waals surface area contributed by atoms with Crippen molar-refractivity contribution in [3.8, 4) is 5.75 Å². The van der Waals surface area contributed by atoms with Crippen LogP contribution in [0.2, 0.25) is 5.15 Å². The Balaban J connectivity index is 2.05. The van der Waals surface area contributed by atoms with Crippen LogP contribution in [0.4, 0.5) is 5.69 Å². The third-order valence-electron chi connectivity index (χ3n) is 3.10. The van der Waals surface area contributed by atoms with E-state index in [1.807, 2.05) is 18.2 Å². The van der Waals surface area contributed by atoms with E-state index >= 15 is 0 Å². The maximum absolute atomic E-state index is 6.18. The Hall–Kier alpha value is -1.86. The number of aromatic nitrogens is 3. The third-order valence-corrected chi connectivity index (χ3v) is 4.07. The molecule has 3 aromatic rings. The molecule has 0 bridgehead atoms. The maximum Gasteiger partial charge on any atom is 0.227 e. The molecule has 2 heterocycles. The van der Waals surface area contributed by atoms with Gasteiger partial charge in [0, 0.05) is 12.0 Å². The number of methoxy groups -OCH3 is 1. The topological polar surface area (TPSA) is 87.1 Å². The maximum atomic E-state index is 6.18. The second-order valence-electron chi connectivity index (χ2n) is 4.38. The molecule has 1 aromatic carbocycles. The molecule has 0 aliphatic rings. The highest BCUT2D eigenvalue weighted by Crippen LogP contribution is 2.31. The lowest BCUT2D eigenvalue weighted by Gasteiger charge is -2.09. The molecule has 0 amide bonds. The fourth-order valence-electron chi connectivity index (χ4n) is 2.03. The molecule has 21 heavy (non-hydrogen) atoms. The SMILES string of the molecule is COc1cc(Cc2c(Cl)nc3nonc3c2N)ccc1Br. The Morgan fingerprint density at radius 2 is 2.19 bits per heavy atom. The quantitative estimate of drug-likeness (QED) is 0.713. The van der Waals surface area contributed by atoms with Gasteiger partial charge in [-0.05, 0) is 43.9 Å². The predicted octanol–water partition coefficient (Wildman–Crippen LogP) is 3.22. The van der Waals surface area contributed by atoms with Crippen molar-refractivity contribution in [1.29, 1.82) is 0 Å². The number of benzene rings is 1. The van der Waals surface area contributed by atoms with Gasteiger partial charge in [0.1, 0.15) is 10.9 Å². The van der Waals surface area contributed by atoms with Gasteiger partial charge in [0.05, 0.1) is 17.3 Å². The molecular weight excluding hydrogens is 360 g/mol. The third kappa shape index (κ3) is 2.54. The van der Waals surface area contributed by atoms with Crippen LogP contribution in [0.25, 0.3) is 11.2 Å². The number of hydrogen-bond acceptors (Lipinski definition) is 6. The average Bonchev–Trinajstić information content (AvgIpc) is 2.93. The number of pyridine rings is 1. The Morgan fingerprint density at radius 3 is 2.95 bits per heavy atom. The van der Waals surface area contributed by atoms with Crippen LogP contribution in [0, 0.1) is 0 Å². The van der Waals surface area contributed by atoms with Crippen LogP contribution < -0.4 is 10.5 Å². The van der Waals surface area contributed by atoms with Gasteiger partial charge < -0.3 is 10.5 Å². The van der Waals surface area contributed by atoms with E-state index in [4.69, 9.17) is 22.1 Å². The summed E-state index contributed by atoms with van der Waals surface area (Å²) in [6.07, 6.45) is 0.504. The van der Waals surface area contributed by atoms with Crippen LogP contribution in [0.15, 0.2) is 27.3 Å². The van der Waals surface area contributed by atoms with Crippen LogP contribution in [0.1, 0.15) is 11.1 Å². The van der Waals surface area contributed by atoms with Crippen molar-refractivity contribution in [2.24, 2.45) is 0 Å². The predicted molar refractivity (Wildman–Crippen MR) is 82.5 cm³/mol. The Morgan fingerprint density at radius 1 is 1.38 bits per heavy atom. The highest BCUT2D eigenvalue weighted by atomic mass is 79.9. The molecule has 0 spiro atoms. The van der Waals surface area contributed by atoms with Gasteiger partial charge in [-0.25, -0.2) is 9.61 Å². The van der Waals surface area contributed by atoms with Crippen LogP contribution in [-0.2, 0) is 6.42 Å². The van der Waals surface area contributed by atoms with Crippen LogP contribution >= 0.6 is 27.5 Å². The van der Waals surface area contributed by atoms with E-state index in [-0.39, 0.29) is 5.15 Å². The van der Waals surface area contributed by atoms with Gasteiger partial charge >= 0.3 is 0 Å². The highest BCUT2D eigenvalue weighted by molar-refractivity contribution is 9.10. The van der Waals surface area contributed by atoms with Gasteiger partial charge in [-0.3, -0.25) is 0 Å². The largest absolute Gasteiger partial charge is 0.496 e. The Labute approximate surface area is 133 Å². The van der Waals surface area contributed by atoms with Crippen LogP contribution in [-0.4, -0.2) is 22.4 Å². The summed E-state index contributed by atoms with van der Waals surface area (Å²) < 4.78 is 10.8. The minimum absolute atomic E-state index is 0.289. The Bertz CT molecular complexity index is 821. The van der Waals surface area contributed by atoms with Crippen molar-refractivity contribution >= 4 is 44.4 Å². The molecule has 0 aliphatic heterocycles. The molecule has 0 aliphatic carbocycles. The second-order valence-corrected chi connectivity index (χ2v) is 5.59. The number of rotatable bonds is 3. The van der Waals surface area contributed by atoms with E-state index in [0.29, 0.717) is 28.8 Å². The smallest absolute Gasteiger partial charge is 0.227 e. The fraction of sp³-hybridized carbons (Fsp3) is 0.154. The van der Waals surface area contributed by atoms with E-state index in [2.05, 4.69) is 35.9 Å². The van der Waals surface area contributed by atoms with Crippen molar-refractivity contribution in [2.75, 3.05) is 12.8 Å². The monoisotopic (exact) mass is 368 g/mol. The number of ether oxygens (including phenoxy) is 1. The van der Waals surface area contributed by atoms with E-state index < -0.39 is 0 Å². The second kappa shape index (κ2) is 5.50. The number of halogens is 2. The zero-order valence-electron chi connectivity index (χ0n) is 10.9. The van der Waals surface area contributed by atoms with Crippen molar-refractivity contribution in [2.45, 2.75) is 6.42 Å². The number of fused-ring (bicyclic) bond motifs is 1. The molecule has 0 unspecified atom stereocenters. The van der Waals surface area contributed by atoms with Crippen LogP contribution in [0.3, 0.4) is 0 Å². The minimum atomic E-state index is 0.289. The summed E-state index contributed by atoms with van der Waals surface area (Å²) in [5.74, 6) is 0.735. The molecule has 0 saturated heterocycles. The van der Waals surface area contributed by atoms with Crippen molar-refractivity contribution in [3.63, 3.8) is 0 Å². The van der Waals surface area contributed by atoms with Crippen molar-refractivity contribution in [3.05, 3.63) is 39.0 Å². The summed E-state index contributed by atoms with van der Waals surface area (Å²) in [7, 11) is 1.61. The summed E-state index contributed by atoms with van der Waals surface area (Å²) in [5.41, 5.74) is 8.90. The molecular formula is C13H10BrClN4O2. The van der Waals surface area contributed by atoms with Crippen molar-refractivity contribution in [1.82, 2.24) is 15.3 Å². The molecule has 0 saturated carbocycles. The number of nitrogens with two attached hydrogens (primary N) is 1. The number of nitrogens with zero attached hydrogens (tertiary/aromatic N) is 3. The number of anilines is 1. The van der Waals surface area contributed by atoms with Gasteiger partial charge in [-0.15, -0.1) is 0 Å². The molecule has 2 aromatic heterocycles. The zero-order chi connectivity index (χ0) is 15.0. The molecule has 108 valence electrons. The molecule has 2 N–H and O–H groups in total. The van der Waals surface area contributed by atoms with E-state index in [1.54, 1.807) is 7.11 Å². The summed E-state index contributed by atoms with van der Waals surface area (Å²) in [5, 5.41) is 7.67. The molecule has 0 fully saturated rings. The Kier molecular flexibility index (Phi) is 3.69. The van der Waals surface area contributed by atoms with Gasteiger partial charge in [0.2, 0.25) is 5.65 Å². The van der Waals surface area contributed by atoms with E-state index in [9.17, 15) is 0 Å². The van der Waals surface area contributed by atoms with Gasteiger partial charge in [0.25, 0.3) is 0 Å². The summed E-state index contributed by atoms with van der Waals surface area (Å²) in [6.45, 7) is 0. The standard InChI is InChI=1S/C13H10BrClN4O2/c1-20-9-5-6(2-3-8(9)14)4-7-10(16)11-13(17-12(7)15)19-21-18-11/h2-3,5H,4,16H2,1H3.